The molecule has 0 fully saturated rings. The first kappa shape index (κ1) is 14.2. The highest BCUT2D eigenvalue weighted by atomic mass is 127. The number of nitrogens with zero attached hydrogens (tertiary/aromatic N) is 2. The number of rotatable bonds is 3. The van der Waals surface area contributed by atoms with Gasteiger partial charge in [-0.05, 0) is 39.3 Å². The standard InChI is InChI=1S/C13H17IN2O/c1-9(2)15-11(4)13(17)16(14)12-8-6-5-7-10(12)3/h5-8,11H,1-4H3. The number of hydrogen-bond donors (Lipinski definition) is 0. The molecular weight excluding hydrogens is 327 g/mol. The SMILES string of the molecule is CC(C)=NC(C)C(=O)N(I)c1ccccc1C. The van der Waals surface area contributed by atoms with Crippen LogP contribution in [0.1, 0.15) is 26.3 Å². The van der Waals surface area contributed by atoms with Crippen LogP contribution in [0.3, 0.4) is 0 Å². The lowest BCUT2D eigenvalue weighted by molar-refractivity contribution is -0.117. The molecule has 1 atom stereocenters. The summed E-state index contributed by atoms with van der Waals surface area (Å²) < 4.78 is 1.64. The zero-order valence-electron chi connectivity index (χ0n) is 10.6. The highest BCUT2D eigenvalue weighted by molar-refractivity contribution is 14.1. The number of carbonyl (C=O) groups is 1. The van der Waals surface area contributed by atoms with Crippen LogP contribution in [-0.4, -0.2) is 17.7 Å². The summed E-state index contributed by atoms with van der Waals surface area (Å²) in [6.07, 6.45) is 0. The van der Waals surface area contributed by atoms with E-state index in [1.54, 1.807) is 3.11 Å². The van der Waals surface area contributed by atoms with Gasteiger partial charge in [-0.25, -0.2) is 0 Å². The first-order valence-corrected chi connectivity index (χ1v) is 6.46. The van der Waals surface area contributed by atoms with Gasteiger partial charge in [-0.3, -0.25) is 12.9 Å². The highest BCUT2D eigenvalue weighted by Gasteiger charge is 2.20. The number of amides is 1. The predicted molar refractivity (Wildman–Crippen MR) is 80.9 cm³/mol. The maximum atomic E-state index is 12.1. The molecule has 0 bridgehead atoms. The summed E-state index contributed by atoms with van der Waals surface area (Å²) in [7, 11) is 0. The van der Waals surface area contributed by atoms with Gasteiger partial charge in [0.15, 0.2) is 0 Å². The average molecular weight is 344 g/mol. The summed E-state index contributed by atoms with van der Waals surface area (Å²) in [6, 6.07) is 7.49. The third-order valence-electron chi connectivity index (χ3n) is 2.33. The molecule has 17 heavy (non-hydrogen) atoms. The number of para-hydroxylation sites is 1. The van der Waals surface area contributed by atoms with Gasteiger partial charge in [0.2, 0.25) is 0 Å². The molecule has 0 radical (unpaired) electrons. The lowest BCUT2D eigenvalue weighted by atomic mass is 10.2. The van der Waals surface area contributed by atoms with Crippen molar-refractivity contribution in [1.82, 2.24) is 0 Å². The van der Waals surface area contributed by atoms with Crippen LogP contribution in [0.5, 0.6) is 0 Å². The van der Waals surface area contributed by atoms with Crippen LogP contribution < -0.4 is 3.11 Å². The third kappa shape index (κ3) is 3.80. The van der Waals surface area contributed by atoms with Crippen LogP contribution in [0.2, 0.25) is 0 Å². The fraction of sp³-hybridized carbons (Fsp3) is 0.385. The van der Waals surface area contributed by atoms with Crippen molar-refractivity contribution < 1.29 is 4.79 Å². The molecule has 0 heterocycles. The number of anilines is 1. The molecule has 0 saturated carbocycles. The van der Waals surface area contributed by atoms with Gasteiger partial charge in [0.25, 0.3) is 5.91 Å². The fourth-order valence-electron chi connectivity index (χ4n) is 1.51. The molecule has 0 aromatic heterocycles. The van der Waals surface area contributed by atoms with Gasteiger partial charge in [-0.2, -0.15) is 0 Å². The van der Waals surface area contributed by atoms with Gasteiger partial charge in [0, 0.05) is 5.71 Å². The number of benzene rings is 1. The van der Waals surface area contributed by atoms with Crippen LogP contribution in [0, 0.1) is 6.92 Å². The van der Waals surface area contributed by atoms with E-state index in [9.17, 15) is 4.79 Å². The second-order valence-corrected chi connectivity index (χ2v) is 5.12. The molecule has 0 saturated heterocycles. The van der Waals surface area contributed by atoms with Crippen LogP contribution in [0.25, 0.3) is 0 Å². The van der Waals surface area contributed by atoms with Crippen molar-refractivity contribution in [3.63, 3.8) is 0 Å². The third-order valence-corrected chi connectivity index (χ3v) is 3.32. The molecule has 1 rings (SSSR count). The first-order chi connectivity index (χ1) is 7.93. The Morgan fingerprint density at radius 3 is 2.47 bits per heavy atom. The Labute approximate surface area is 116 Å². The summed E-state index contributed by atoms with van der Waals surface area (Å²) in [4.78, 5) is 16.4. The normalized spacial score (nSPS) is 11.8. The molecule has 0 N–H and O–H groups in total. The quantitative estimate of drug-likeness (QED) is 0.469. The van der Waals surface area contributed by atoms with Crippen molar-refractivity contribution in [3.8, 4) is 0 Å². The summed E-state index contributed by atoms with van der Waals surface area (Å²) in [6.45, 7) is 7.61. The summed E-state index contributed by atoms with van der Waals surface area (Å²) in [5.74, 6) is 0.00102. The van der Waals surface area contributed by atoms with E-state index in [0.29, 0.717) is 0 Å². The Morgan fingerprint density at radius 1 is 1.35 bits per heavy atom. The second kappa shape index (κ2) is 6.14. The van der Waals surface area contributed by atoms with Gasteiger partial charge in [-0.1, -0.05) is 18.2 Å². The van der Waals surface area contributed by atoms with E-state index in [-0.39, 0.29) is 11.9 Å². The Bertz CT molecular complexity index is 439. The van der Waals surface area contributed by atoms with E-state index in [1.165, 1.54) is 0 Å². The maximum Gasteiger partial charge on any atom is 0.260 e. The lowest BCUT2D eigenvalue weighted by Gasteiger charge is -2.19. The van der Waals surface area contributed by atoms with E-state index in [1.807, 2.05) is 74.8 Å². The number of aryl methyl sites for hydroxylation is 1. The molecule has 1 unspecified atom stereocenters. The van der Waals surface area contributed by atoms with E-state index >= 15 is 0 Å². The van der Waals surface area contributed by atoms with Crippen LogP contribution in [0.15, 0.2) is 29.3 Å². The molecular formula is C13H17IN2O. The Hall–Kier alpha value is -0.910. The Balaban J connectivity index is 2.91. The average Bonchev–Trinajstić information content (AvgIpc) is 2.27. The topological polar surface area (TPSA) is 32.7 Å². The van der Waals surface area contributed by atoms with Gasteiger partial charge in [0.05, 0.1) is 28.6 Å². The molecule has 0 aliphatic heterocycles. The second-order valence-electron chi connectivity index (χ2n) is 4.16. The van der Waals surface area contributed by atoms with Gasteiger partial charge in [0.1, 0.15) is 6.04 Å². The molecule has 1 amide bonds. The van der Waals surface area contributed by atoms with Crippen molar-refractivity contribution in [3.05, 3.63) is 29.8 Å². The minimum Gasteiger partial charge on any atom is -0.282 e. The number of halogens is 1. The summed E-state index contributed by atoms with van der Waals surface area (Å²) in [5, 5.41) is 0. The monoisotopic (exact) mass is 344 g/mol. The predicted octanol–water partition coefficient (Wildman–Crippen LogP) is 3.55. The number of carbonyl (C=O) groups excluding carboxylic acids is 1. The van der Waals surface area contributed by atoms with Crippen LogP contribution >= 0.6 is 22.9 Å². The molecule has 1 aromatic carbocycles. The fourth-order valence-corrected chi connectivity index (χ4v) is 2.45. The van der Waals surface area contributed by atoms with Gasteiger partial charge >= 0.3 is 0 Å². The number of aliphatic imine (C=N–C) groups is 1. The van der Waals surface area contributed by atoms with Crippen molar-refractivity contribution in [2.45, 2.75) is 33.7 Å². The minimum absolute atomic E-state index is 0.00102. The first-order valence-electron chi connectivity index (χ1n) is 5.50. The number of hydrogen-bond acceptors (Lipinski definition) is 2. The van der Waals surface area contributed by atoms with Gasteiger partial charge in [-0.15, -0.1) is 0 Å². The molecule has 0 aliphatic carbocycles. The van der Waals surface area contributed by atoms with E-state index in [0.717, 1.165) is 17.0 Å². The summed E-state index contributed by atoms with van der Waals surface area (Å²) in [5.41, 5.74) is 2.92. The van der Waals surface area contributed by atoms with Crippen molar-refractivity contribution in [1.29, 1.82) is 0 Å². The molecule has 1 aromatic rings. The smallest absolute Gasteiger partial charge is 0.260 e. The maximum absolute atomic E-state index is 12.1. The Kier molecular flexibility index (Phi) is 5.11. The van der Waals surface area contributed by atoms with Gasteiger partial charge < -0.3 is 0 Å². The largest absolute Gasteiger partial charge is 0.282 e. The zero-order valence-corrected chi connectivity index (χ0v) is 12.7. The van der Waals surface area contributed by atoms with Crippen LogP contribution in [-0.2, 0) is 4.79 Å². The molecule has 0 spiro atoms. The molecule has 4 heteroatoms. The molecule has 92 valence electrons. The highest BCUT2D eigenvalue weighted by Crippen LogP contribution is 2.24. The van der Waals surface area contributed by atoms with Crippen molar-refractivity contribution in [2.24, 2.45) is 4.99 Å². The van der Waals surface area contributed by atoms with E-state index in [4.69, 9.17) is 0 Å². The molecule has 0 aliphatic rings. The summed E-state index contributed by atoms with van der Waals surface area (Å²) >= 11 is 2.04. The van der Waals surface area contributed by atoms with E-state index < -0.39 is 0 Å². The van der Waals surface area contributed by atoms with E-state index in [2.05, 4.69) is 4.99 Å². The lowest BCUT2D eigenvalue weighted by Crippen LogP contribution is -2.30. The van der Waals surface area contributed by atoms with Crippen molar-refractivity contribution in [2.75, 3.05) is 3.11 Å². The Morgan fingerprint density at radius 2 is 1.94 bits per heavy atom. The molecule has 3 nitrogen and oxygen atoms in total. The zero-order chi connectivity index (χ0) is 13.0. The van der Waals surface area contributed by atoms with Crippen LogP contribution in [0.4, 0.5) is 5.69 Å². The van der Waals surface area contributed by atoms with Crippen molar-refractivity contribution >= 4 is 40.2 Å². The minimum atomic E-state index is -0.337.